The molecule has 5 nitrogen and oxygen atoms in total. The van der Waals surface area contributed by atoms with Gasteiger partial charge in [0.2, 0.25) is 5.91 Å². The van der Waals surface area contributed by atoms with E-state index in [2.05, 4.69) is 24.5 Å². The molecule has 5 heteroatoms. The average Bonchev–Trinajstić information content (AvgIpc) is 2.54. The van der Waals surface area contributed by atoms with Crippen molar-refractivity contribution in [1.82, 2.24) is 10.6 Å². The minimum atomic E-state index is -0.305. The highest BCUT2D eigenvalue weighted by Crippen LogP contribution is 2.00. The van der Waals surface area contributed by atoms with Gasteiger partial charge in [-0.05, 0) is 25.7 Å². The van der Waals surface area contributed by atoms with E-state index in [1.807, 2.05) is 0 Å². The Morgan fingerprint density at radius 1 is 0.739 bits per heavy atom. The Labute approximate surface area is 141 Å². The van der Waals surface area contributed by atoms with E-state index in [9.17, 15) is 9.59 Å². The Balaban J connectivity index is 3.23. The number of amides is 2. The van der Waals surface area contributed by atoms with Gasteiger partial charge in [0, 0.05) is 19.5 Å². The van der Waals surface area contributed by atoms with Crippen molar-refractivity contribution in [3.8, 4) is 0 Å². The molecule has 0 rings (SSSR count). The largest absolute Gasteiger partial charge is 0.450 e. The van der Waals surface area contributed by atoms with Gasteiger partial charge in [0.15, 0.2) is 0 Å². The lowest BCUT2D eigenvalue weighted by molar-refractivity contribution is -0.121. The van der Waals surface area contributed by atoms with E-state index < -0.39 is 0 Å². The summed E-state index contributed by atoms with van der Waals surface area (Å²) in [7, 11) is 0. The molecule has 0 aliphatic carbocycles. The van der Waals surface area contributed by atoms with Crippen molar-refractivity contribution < 1.29 is 14.3 Å². The maximum absolute atomic E-state index is 11.5. The molecule has 0 aliphatic rings. The molecular formula is C18H36N2O3. The van der Waals surface area contributed by atoms with E-state index in [0.29, 0.717) is 19.6 Å². The standard InChI is InChI=1S/C18H36N2O3/c1-3-5-9-13-17(21)19-14-10-7-8-11-15-20-18(22)23-16-12-6-4-2/h3-16H2,1-2H3,(H,19,21)(H,20,22). The highest BCUT2D eigenvalue weighted by atomic mass is 16.5. The van der Waals surface area contributed by atoms with Crippen LogP contribution in [0.15, 0.2) is 0 Å². The SMILES string of the molecule is CCCCCOC(=O)NCCCCCCNC(=O)CCCCC. The number of alkyl carbamates (subject to hydrolysis) is 1. The van der Waals surface area contributed by atoms with Crippen LogP contribution in [0.2, 0.25) is 0 Å². The fourth-order valence-corrected chi connectivity index (χ4v) is 2.21. The lowest BCUT2D eigenvalue weighted by Crippen LogP contribution is -2.26. The monoisotopic (exact) mass is 328 g/mol. The van der Waals surface area contributed by atoms with Gasteiger partial charge in [0.05, 0.1) is 6.61 Å². The van der Waals surface area contributed by atoms with Crippen LogP contribution < -0.4 is 10.6 Å². The molecule has 0 saturated heterocycles. The molecule has 0 spiro atoms. The molecule has 0 heterocycles. The fraction of sp³-hybridized carbons (Fsp3) is 0.889. The summed E-state index contributed by atoms with van der Waals surface area (Å²) < 4.78 is 5.06. The molecule has 0 fully saturated rings. The molecule has 0 aromatic rings. The second-order valence-electron chi connectivity index (χ2n) is 5.99. The van der Waals surface area contributed by atoms with Gasteiger partial charge < -0.3 is 15.4 Å². The predicted octanol–water partition coefficient (Wildman–Crippen LogP) is 4.16. The number of rotatable bonds is 15. The van der Waals surface area contributed by atoms with Crippen molar-refractivity contribution in [3.05, 3.63) is 0 Å². The first-order chi connectivity index (χ1) is 11.2. The topological polar surface area (TPSA) is 67.4 Å². The lowest BCUT2D eigenvalue weighted by atomic mass is 10.2. The second kappa shape index (κ2) is 17.1. The van der Waals surface area contributed by atoms with Crippen molar-refractivity contribution in [2.45, 2.75) is 84.5 Å². The van der Waals surface area contributed by atoms with Gasteiger partial charge >= 0.3 is 6.09 Å². The molecular weight excluding hydrogens is 292 g/mol. The zero-order chi connectivity index (χ0) is 17.2. The maximum Gasteiger partial charge on any atom is 0.407 e. The lowest BCUT2D eigenvalue weighted by Gasteiger charge is -2.07. The maximum atomic E-state index is 11.5. The smallest absolute Gasteiger partial charge is 0.407 e. The number of carbonyl (C=O) groups is 2. The molecule has 2 amide bonds. The van der Waals surface area contributed by atoms with Crippen LogP contribution in [-0.4, -0.2) is 31.7 Å². The Kier molecular flexibility index (Phi) is 16.2. The summed E-state index contributed by atoms with van der Waals surface area (Å²) in [4.78, 5) is 22.8. The summed E-state index contributed by atoms with van der Waals surface area (Å²) in [6.07, 6.45) is 10.9. The van der Waals surface area contributed by atoms with Crippen LogP contribution in [0.1, 0.15) is 84.5 Å². The number of hydrogen-bond donors (Lipinski definition) is 2. The van der Waals surface area contributed by atoms with Gasteiger partial charge in [-0.1, -0.05) is 52.4 Å². The van der Waals surface area contributed by atoms with Crippen molar-refractivity contribution >= 4 is 12.0 Å². The van der Waals surface area contributed by atoms with Crippen LogP contribution >= 0.6 is 0 Å². The van der Waals surface area contributed by atoms with Crippen LogP contribution in [0.25, 0.3) is 0 Å². The number of nitrogens with one attached hydrogen (secondary N) is 2. The second-order valence-corrected chi connectivity index (χ2v) is 5.99. The van der Waals surface area contributed by atoms with E-state index in [1.54, 1.807) is 0 Å². The summed E-state index contributed by atoms with van der Waals surface area (Å²) in [6.45, 7) is 6.20. The Hall–Kier alpha value is -1.26. The number of carbonyl (C=O) groups excluding carboxylic acids is 2. The number of hydrogen-bond acceptors (Lipinski definition) is 3. The Morgan fingerprint density at radius 2 is 1.35 bits per heavy atom. The molecule has 0 bridgehead atoms. The van der Waals surface area contributed by atoms with Crippen LogP contribution in [0.5, 0.6) is 0 Å². The molecule has 0 saturated carbocycles. The van der Waals surface area contributed by atoms with Crippen LogP contribution in [-0.2, 0) is 9.53 Å². The highest BCUT2D eigenvalue weighted by Gasteiger charge is 2.01. The minimum Gasteiger partial charge on any atom is -0.450 e. The molecule has 0 radical (unpaired) electrons. The van der Waals surface area contributed by atoms with Gasteiger partial charge in [-0.25, -0.2) is 4.79 Å². The van der Waals surface area contributed by atoms with Crippen LogP contribution in [0.3, 0.4) is 0 Å². The molecule has 0 aromatic heterocycles. The Morgan fingerprint density at radius 3 is 2.00 bits per heavy atom. The molecule has 0 aliphatic heterocycles. The van der Waals surface area contributed by atoms with Gasteiger partial charge in [-0.15, -0.1) is 0 Å². The van der Waals surface area contributed by atoms with E-state index >= 15 is 0 Å². The van der Waals surface area contributed by atoms with E-state index in [1.165, 1.54) is 0 Å². The number of ether oxygens (including phenoxy) is 1. The fourth-order valence-electron chi connectivity index (χ4n) is 2.21. The first-order valence-electron chi connectivity index (χ1n) is 9.38. The van der Waals surface area contributed by atoms with Crippen molar-refractivity contribution in [1.29, 1.82) is 0 Å². The third-order valence-electron chi connectivity index (χ3n) is 3.68. The van der Waals surface area contributed by atoms with Crippen molar-refractivity contribution in [3.63, 3.8) is 0 Å². The van der Waals surface area contributed by atoms with E-state index in [0.717, 1.165) is 70.8 Å². The number of unbranched alkanes of at least 4 members (excludes halogenated alkanes) is 7. The van der Waals surface area contributed by atoms with Gasteiger partial charge in [0.25, 0.3) is 0 Å². The summed E-state index contributed by atoms with van der Waals surface area (Å²) in [5, 5.41) is 5.72. The van der Waals surface area contributed by atoms with Crippen molar-refractivity contribution in [2.24, 2.45) is 0 Å². The normalized spacial score (nSPS) is 10.3. The summed E-state index contributed by atoms with van der Waals surface area (Å²) in [5.41, 5.74) is 0. The summed E-state index contributed by atoms with van der Waals surface area (Å²) in [5.74, 6) is 0.172. The summed E-state index contributed by atoms with van der Waals surface area (Å²) >= 11 is 0. The first kappa shape index (κ1) is 21.7. The van der Waals surface area contributed by atoms with Gasteiger partial charge in [-0.2, -0.15) is 0 Å². The van der Waals surface area contributed by atoms with Crippen LogP contribution in [0.4, 0.5) is 4.79 Å². The molecule has 0 atom stereocenters. The Bertz CT molecular complexity index is 296. The molecule has 0 aromatic carbocycles. The molecule has 2 N–H and O–H groups in total. The van der Waals surface area contributed by atoms with Crippen molar-refractivity contribution in [2.75, 3.05) is 19.7 Å². The van der Waals surface area contributed by atoms with Crippen LogP contribution in [0, 0.1) is 0 Å². The average molecular weight is 328 g/mol. The minimum absolute atomic E-state index is 0.172. The van der Waals surface area contributed by atoms with Gasteiger partial charge in [-0.3, -0.25) is 4.79 Å². The van der Waals surface area contributed by atoms with Gasteiger partial charge in [0.1, 0.15) is 0 Å². The zero-order valence-electron chi connectivity index (χ0n) is 15.1. The molecule has 23 heavy (non-hydrogen) atoms. The zero-order valence-corrected chi connectivity index (χ0v) is 15.1. The predicted molar refractivity (Wildman–Crippen MR) is 94.5 cm³/mol. The van der Waals surface area contributed by atoms with E-state index in [4.69, 9.17) is 4.74 Å². The third-order valence-corrected chi connectivity index (χ3v) is 3.68. The third kappa shape index (κ3) is 16.9. The van der Waals surface area contributed by atoms with E-state index in [-0.39, 0.29) is 12.0 Å². The molecule has 136 valence electrons. The molecule has 0 unspecified atom stereocenters. The summed E-state index contributed by atoms with van der Waals surface area (Å²) in [6, 6.07) is 0. The first-order valence-corrected chi connectivity index (χ1v) is 9.38. The highest BCUT2D eigenvalue weighted by molar-refractivity contribution is 5.75. The quantitative estimate of drug-likeness (QED) is 0.444.